The maximum Gasteiger partial charge on any atom is 0.271 e. The number of anilines is 1. The molecule has 0 heterocycles. The molecule has 0 aliphatic rings. The first kappa shape index (κ1) is 16.4. The van der Waals surface area contributed by atoms with Crippen LogP contribution in [0.1, 0.15) is 33.3 Å². The van der Waals surface area contributed by atoms with Crippen molar-refractivity contribution in [3.8, 4) is 0 Å². The molecular formula is C15H25N3O2. The minimum Gasteiger partial charge on any atom is -0.383 e. The first-order chi connectivity index (χ1) is 9.32. The first-order valence-electron chi connectivity index (χ1n) is 7.07. The van der Waals surface area contributed by atoms with Crippen LogP contribution < -0.4 is 5.32 Å². The predicted molar refractivity (Wildman–Crippen MR) is 83.3 cm³/mol. The highest BCUT2D eigenvalue weighted by molar-refractivity contribution is 5.56. The van der Waals surface area contributed by atoms with Crippen LogP contribution in [0.3, 0.4) is 0 Å². The normalized spacial score (nSPS) is 11.4. The Bertz CT molecular complexity index is 450. The molecule has 1 N–H and O–H groups in total. The van der Waals surface area contributed by atoms with Gasteiger partial charge in [0.15, 0.2) is 0 Å². The van der Waals surface area contributed by atoms with E-state index in [0.717, 1.165) is 24.3 Å². The Labute approximate surface area is 121 Å². The zero-order valence-corrected chi connectivity index (χ0v) is 13.0. The summed E-state index contributed by atoms with van der Waals surface area (Å²) >= 11 is 0. The number of benzene rings is 1. The van der Waals surface area contributed by atoms with E-state index in [1.165, 1.54) is 6.07 Å². The molecule has 0 bridgehead atoms. The second-order valence-electron chi connectivity index (χ2n) is 5.61. The first-order valence-corrected chi connectivity index (χ1v) is 7.07. The van der Waals surface area contributed by atoms with E-state index in [0.29, 0.717) is 12.1 Å². The molecule has 0 aliphatic heterocycles. The highest BCUT2D eigenvalue weighted by Gasteiger charge is 2.13. The van der Waals surface area contributed by atoms with Gasteiger partial charge < -0.3 is 5.32 Å². The van der Waals surface area contributed by atoms with E-state index in [4.69, 9.17) is 0 Å². The summed E-state index contributed by atoms with van der Waals surface area (Å²) in [5, 5.41) is 14.1. The summed E-state index contributed by atoms with van der Waals surface area (Å²) in [7, 11) is 0. The molecule has 5 heteroatoms. The quantitative estimate of drug-likeness (QED) is 0.613. The van der Waals surface area contributed by atoms with Crippen molar-refractivity contribution in [1.29, 1.82) is 0 Å². The maximum absolute atomic E-state index is 10.8. The van der Waals surface area contributed by atoms with Crippen molar-refractivity contribution in [2.45, 2.75) is 46.7 Å². The SMILES string of the molecule is Cc1ccc([N+](=O)[O-])cc1NCCN(C(C)C)C(C)C. The molecule has 0 saturated heterocycles. The standard InChI is InChI=1S/C15H25N3O2/c1-11(2)17(12(3)4)9-8-16-15-10-14(18(19)20)7-6-13(15)5/h6-7,10-12,16H,8-9H2,1-5H3. The Morgan fingerprint density at radius 1 is 1.25 bits per heavy atom. The van der Waals surface area contributed by atoms with Crippen LogP contribution in [0, 0.1) is 17.0 Å². The zero-order chi connectivity index (χ0) is 15.3. The molecule has 5 nitrogen and oxygen atoms in total. The lowest BCUT2D eigenvalue weighted by atomic mass is 10.2. The second-order valence-corrected chi connectivity index (χ2v) is 5.61. The van der Waals surface area contributed by atoms with Crippen molar-refractivity contribution < 1.29 is 4.92 Å². The molecular weight excluding hydrogens is 254 g/mol. The van der Waals surface area contributed by atoms with Crippen molar-refractivity contribution >= 4 is 11.4 Å². The number of hydrogen-bond acceptors (Lipinski definition) is 4. The number of non-ortho nitro benzene ring substituents is 1. The van der Waals surface area contributed by atoms with Gasteiger partial charge in [0, 0.05) is 43.0 Å². The van der Waals surface area contributed by atoms with Crippen LogP contribution >= 0.6 is 0 Å². The largest absolute Gasteiger partial charge is 0.383 e. The summed E-state index contributed by atoms with van der Waals surface area (Å²) in [5.74, 6) is 0. The van der Waals surface area contributed by atoms with Gasteiger partial charge in [0.2, 0.25) is 0 Å². The van der Waals surface area contributed by atoms with E-state index in [-0.39, 0.29) is 10.6 Å². The minimum atomic E-state index is -0.362. The van der Waals surface area contributed by atoms with Gasteiger partial charge in [-0.15, -0.1) is 0 Å². The van der Waals surface area contributed by atoms with Crippen LogP contribution in [0.5, 0.6) is 0 Å². The molecule has 0 saturated carbocycles. The van der Waals surface area contributed by atoms with E-state index in [1.807, 2.05) is 6.92 Å². The number of nitro groups is 1. The molecule has 0 fully saturated rings. The Morgan fingerprint density at radius 3 is 2.35 bits per heavy atom. The summed E-state index contributed by atoms with van der Waals surface area (Å²) in [6, 6.07) is 5.90. The molecule has 1 rings (SSSR count). The fourth-order valence-electron chi connectivity index (χ4n) is 2.35. The van der Waals surface area contributed by atoms with Crippen LogP contribution in [0.2, 0.25) is 0 Å². The third-order valence-corrected chi connectivity index (χ3v) is 3.44. The number of nitrogens with zero attached hydrogens (tertiary/aromatic N) is 2. The van der Waals surface area contributed by atoms with Crippen LogP contribution in [0.4, 0.5) is 11.4 Å². The van der Waals surface area contributed by atoms with Crippen LogP contribution in [0.25, 0.3) is 0 Å². The van der Waals surface area contributed by atoms with Crippen molar-refractivity contribution in [1.82, 2.24) is 4.90 Å². The van der Waals surface area contributed by atoms with Gasteiger partial charge in [0.05, 0.1) is 4.92 Å². The summed E-state index contributed by atoms with van der Waals surface area (Å²) in [6.07, 6.45) is 0. The molecule has 0 amide bonds. The van der Waals surface area contributed by atoms with Gasteiger partial charge in [-0.1, -0.05) is 6.07 Å². The smallest absolute Gasteiger partial charge is 0.271 e. The summed E-state index contributed by atoms with van der Waals surface area (Å²) in [4.78, 5) is 12.8. The molecule has 0 aromatic heterocycles. The van der Waals surface area contributed by atoms with Gasteiger partial charge >= 0.3 is 0 Å². The maximum atomic E-state index is 10.8. The van der Waals surface area contributed by atoms with Gasteiger partial charge in [0.1, 0.15) is 0 Å². The predicted octanol–water partition coefficient (Wildman–Crippen LogP) is 3.43. The molecule has 20 heavy (non-hydrogen) atoms. The van der Waals surface area contributed by atoms with Crippen molar-refractivity contribution in [2.75, 3.05) is 18.4 Å². The second kappa shape index (κ2) is 7.24. The van der Waals surface area contributed by atoms with Gasteiger partial charge in [-0.25, -0.2) is 0 Å². The molecule has 1 aromatic rings. The minimum absolute atomic E-state index is 0.127. The lowest BCUT2D eigenvalue weighted by Gasteiger charge is -2.30. The summed E-state index contributed by atoms with van der Waals surface area (Å²) in [5.41, 5.74) is 1.99. The highest BCUT2D eigenvalue weighted by Crippen LogP contribution is 2.21. The Morgan fingerprint density at radius 2 is 1.85 bits per heavy atom. The van der Waals surface area contributed by atoms with Gasteiger partial charge in [-0.2, -0.15) is 0 Å². The highest BCUT2D eigenvalue weighted by atomic mass is 16.6. The molecule has 0 spiro atoms. The van der Waals surface area contributed by atoms with E-state index < -0.39 is 0 Å². The van der Waals surface area contributed by atoms with Crippen LogP contribution in [-0.2, 0) is 0 Å². The van der Waals surface area contributed by atoms with E-state index >= 15 is 0 Å². The number of rotatable bonds is 7. The van der Waals surface area contributed by atoms with E-state index in [9.17, 15) is 10.1 Å². The zero-order valence-electron chi connectivity index (χ0n) is 13.0. The Balaban J connectivity index is 2.65. The average molecular weight is 279 g/mol. The summed E-state index contributed by atoms with van der Waals surface area (Å²) < 4.78 is 0. The monoisotopic (exact) mass is 279 g/mol. The molecule has 1 aromatic carbocycles. The summed E-state index contributed by atoms with van der Waals surface area (Å²) in [6.45, 7) is 12.4. The average Bonchev–Trinajstić information content (AvgIpc) is 2.35. The van der Waals surface area contributed by atoms with Crippen molar-refractivity contribution in [3.05, 3.63) is 33.9 Å². The molecule has 0 atom stereocenters. The van der Waals surface area contributed by atoms with Crippen molar-refractivity contribution in [3.63, 3.8) is 0 Å². The Kier molecular flexibility index (Phi) is 5.95. The van der Waals surface area contributed by atoms with Gasteiger partial charge in [-0.3, -0.25) is 15.0 Å². The van der Waals surface area contributed by atoms with Gasteiger partial charge in [0.25, 0.3) is 5.69 Å². The lowest BCUT2D eigenvalue weighted by Crippen LogP contribution is -2.40. The molecule has 0 aliphatic carbocycles. The Hall–Kier alpha value is -1.62. The number of nitro benzene ring substituents is 1. The molecule has 112 valence electrons. The fraction of sp³-hybridized carbons (Fsp3) is 0.600. The number of hydrogen-bond donors (Lipinski definition) is 1. The molecule has 0 radical (unpaired) electrons. The number of nitrogens with one attached hydrogen (secondary N) is 1. The van der Waals surface area contributed by atoms with Crippen LogP contribution in [0.15, 0.2) is 18.2 Å². The van der Waals surface area contributed by atoms with Gasteiger partial charge in [-0.05, 0) is 40.2 Å². The third kappa shape index (κ3) is 4.49. The fourth-order valence-corrected chi connectivity index (χ4v) is 2.35. The third-order valence-electron chi connectivity index (χ3n) is 3.44. The lowest BCUT2D eigenvalue weighted by molar-refractivity contribution is -0.384. The van der Waals surface area contributed by atoms with Crippen LogP contribution in [-0.4, -0.2) is 35.0 Å². The van der Waals surface area contributed by atoms with E-state index in [2.05, 4.69) is 37.9 Å². The van der Waals surface area contributed by atoms with E-state index in [1.54, 1.807) is 12.1 Å². The number of aryl methyl sites for hydroxylation is 1. The topological polar surface area (TPSA) is 58.4 Å². The van der Waals surface area contributed by atoms with Crippen molar-refractivity contribution in [2.24, 2.45) is 0 Å². The molecule has 0 unspecified atom stereocenters.